The third-order valence-electron chi connectivity index (χ3n) is 5.84. The summed E-state index contributed by atoms with van der Waals surface area (Å²) < 4.78 is 5.19. The Morgan fingerprint density at radius 3 is 2.69 bits per heavy atom. The van der Waals surface area contributed by atoms with Crippen LogP contribution in [0.1, 0.15) is 53.9 Å². The highest BCUT2D eigenvalue weighted by molar-refractivity contribution is 5.64. The molecule has 0 radical (unpaired) electrons. The van der Waals surface area contributed by atoms with Gasteiger partial charge in [-0.2, -0.15) is 0 Å². The van der Waals surface area contributed by atoms with Gasteiger partial charge in [-0.25, -0.2) is 0 Å². The molecule has 3 unspecified atom stereocenters. The van der Waals surface area contributed by atoms with Gasteiger partial charge in [0.1, 0.15) is 12.4 Å². The Labute approximate surface area is 178 Å². The topological polar surface area (TPSA) is 81.1 Å². The molecule has 0 spiro atoms. The molecule has 1 fully saturated rings. The van der Waals surface area contributed by atoms with Crippen molar-refractivity contribution in [1.82, 2.24) is 20.9 Å². The molecule has 0 aromatic heterocycles. The minimum absolute atomic E-state index is 0.0177. The molecule has 2 heterocycles. The maximum absolute atomic E-state index is 11.5. The molecular formula is C22H45N5O2. The summed E-state index contributed by atoms with van der Waals surface area (Å²) in [5.41, 5.74) is 0.0177. The zero-order valence-electron chi connectivity index (χ0n) is 19.4. The van der Waals surface area contributed by atoms with Crippen molar-refractivity contribution in [3.05, 3.63) is 0 Å². The molecule has 0 aromatic rings. The second-order valence-electron chi connectivity index (χ2n) is 10.1. The van der Waals surface area contributed by atoms with Crippen molar-refractivity contribution in [2.45, 2.75) is 78.5 Å². The van der Waals surface area contributed by atoms with Crippen molar-refractivity contribution >= 4 is 6.21 Å². The van der Waals surface area contributed by atoms with Gasteiger partial charge >= 0.3 is 0 Å². The molecule has 170 valence electrons. The summed E-state index contributed by atoms with van der Waals surface area (Å²) in [4.78, 5) is 7.10. The lowest BCUT2D eigenvalue weighted by Gasteiger charge is -2.45. The summed E-state index contributed by atoms with van der Waals surface area (Å²) in [5, 5.41) is 22.3. The molecule has 4 N–H and O–H groups in total. The number of hydrogen-bond donors (Lipinski definition) is 4. The molecule has 29 heavy (non-hydrogen) atoms. The summed E-state index contributed by atoms with van der Waals surface area (Å²) >= 11 is 0. The zero-order valence-corrected chi connectivity index (χ0v) is 19.4. The fourth-order valence-electron chi connectivity index (χ4n) is 4.22. The maximum atomic E-state index is 11.5. The third-order valence-corrected chi connectivity index (χ3v) is 5.84. The van der Waals surface area contributed by atoms with Gasteiger partial charge in [-0.05, 0) is 43.7 Å². The van der Waals surface area contributed by atoms with E-state index in [9.17, 15) is 5.11 Å². The number of nitrogens with one attached hydrogen (secondary N) is 3. The van der Waals surface area contributed by atoms with E-state index < -0.39 is 6.23 Å². The third kappa shape index (κ3) is 7.56. The van der Waals surface area contributed by atoms with Crippen LogP contribution in [0.15, 0.2) is 4.99 Å². The first-order chi connectivity index (χ1) is 13.7. The maximum Gasteiger partial charge on any atom is 0.118 e. The van der Waals surface area contributed by atoms with Gasteiger partial charge in [-0.3, -0.25) is 15.2 Å². The van der Waals surface area contributed by atoms with Crippen LogP contribution in [-0.2, 0) is 4.74 Å². The van der Waals surface area contributed by atoms with Gasteiger partial charge in [0.15, 0.2) is 0 Å². The van der Waals surface area contributed by atoms with Crippen LogP contribution < -0.4 is 16.0 Å². The van der Waals surface area contributed by atoms with Gasteiger partial charge in [0.25, 0.3) is 0 Å². The fourth-order valence-corrected chi connectivity index (χ4v) is 4.22. The number of aliphatic hydroxyl groups excluding tert-OH is 1. The van der Waals surface area contributed by atoms with E-state index in [-0.39, 0.29) is 23.7 Å². The molecule has 7 heteroatoms. The highest BCUT2D eigenvalue weighted by Crippen LogP contribution is 2.27. The quantitative estimate of drug-likeness (QED) is 0.323. The lowest BCUT2D eigenvalue weighted by Crippen LogP contribution is -2.64. The van der Waals surface area contributed by atoms with Crippen molar-refractivity contribution < 1.29 is 9.84 Å². The Morgan fingerprint density at radius 1 is 1.34 bits per heavy atom. The van der Waals surface area contributed by atoms with Crippen LogP contribution in [0.5, 0.6) is 0 Å². The summed E-state index contributed by atoms with van der Waals surface area (Å²) in [5.74, 6) is 0.396. The fraction of sp³-hybridized carbons (Fsp3) is 0.955. The predicted molar refractivity (Wildman–Crippen MR) is 120 cm³/mol. The van der Waals surface area contributed by atoms with Gasteiger partial charge in [0.2, 0.25) is 0 Å². The standard InChI is InChI=1S/C22H45N5O2/c1-16(2)15-27(17-9-7-10-23-13-17)20(28)18-14-25-21(22(3,4)5)26-19(18)24-11-8-12-29-6/h14,16-21,23-24,26,28H,7-13,15H2,1-6H3/t17-,18?,19?,20?,21+/m0/s1. The highest BCUT2D eigenvalue weighted by atomic mass is 16.5. The SMILES string of the molecule is COCCCNC1N[C@H](C(C)(C)C)N=CC1C(O)N(CC(C)C)[C@H]1CCCNC1. The molecule has 2 rings (SSSR count). The zero-order chi connectivity index (χ0) is 21.4. The average molecular weight is 412 g/mol. The Balaban J connectivity index is 2.16. The van der Waals surface area contributed by atoms with Gasteiger partial charge in [-0.1, -0.05) is 34.6 Å². The number of aliphatic imine (C=N–C) groups is 1. The van der Waals surface area contributed by atoms with E-state index >= 15 is 0 Å². The monoisotopic (exact) mass is 411 g/mol. The van der Waals surface area contributed by atoms with Gasteiger partial charge in [0.05, 0.1) is 12.1 Å². The second-order valence-corrected chi connectivity index (χ2v) is 10.1. The van der Waals surface area contributed by atoms with Crippen LogP contribution >= 0.6 is 0 Å². The van der Waals surface area contributed by atoms with Crippen LogP contribution in [0, 0.1) is 17.3 Å². The number of ether oxygens (including phenoxy) is 1. The molecule has 2 aliphatic heterocycles. The van der Waals surface area contributed by atoms with Crippen LogP contribution in [0.4, 0.5) is 0 Å². The number of methoxy groups -OCH3 is 1. The molecule has 2 aliphatic rings. The van der Waals surface area contributed by atoms with Crippen LogP contribution in [-0.4, -0.2) is 80.7 Å². The molecule has 0 bridgehead atoms. The van der Waals surface area contributed by atoms with Crippen molar-refractivity contribution in [1.29, 1.82) is 0 Å². The van der Waals surface area contributed by atoms with E-state index in [1.807, 2.05) is 6.21 Å². The van der Waals surface area contributed by atoms with Crippen LogP contribution in [0.25, 0.3) is 0 Å². The number of piperidine rings is 1. The molecule has 5 atom stereocenters. The summed E-state index contributed by atoms with van der Waals surface area (Å²) in [7, 11) is 1.73. The minimum atomic E-state index is -0.570. The van der Waals surface area contributed by atoms with Gasteiger partial charge in [-0.15, -0.1) is 0 Å². The molecule has 0 aromatic carbocycles. The first-order valence-electron chi connectivity index (χ1n) is 11.4. The molecule has 0 saturated carbocycles. The second kappa shape index (κ2) is 11.7. The lowest BCUT2D eigenvalue weighted by molar-refractivity contribution is -0.0698. The molecular weight excluding hydrogens is 366 g/mol. The molecule has 0 aliphatic carbocycles. The van der Waals surface area contributed by atoms with E-state index in [0.29, 0.717) is 12.0 Å². The number of nitrogens with zero attached hydrogens (tertiary/aromatic N) is 2. The molecule has 1 saturated heterocycles. The Morgan fingerprint density at radius 2 is 2.10 bits per heavy atom. The lowest BCUT2D eigenvalue weighted by atomic mass is 9.89. The number of rotatable bonds is 10. The van der Waals surface area contributed by atoms with E-state index in [1.165, 1.54) is 0 Å². The van der Waals surface area contributed by atoms with E-state index in [2.05, 4.69) is 55.5 Å². The highest BCUT2D eigenvalue weighted by Gasteiger charge is 2.39. The summed E-state index contributed by atoms with van der Waals surface area (Å²) in [6.45, 7) is 15.5. The smallest absolute Gasteiger partial charge is 0.118 e. The van der Waals surface area contributed by atoms with E-state index in [1.54, 1.807) is 7.11 Å². The summed E-state index contributed by atoms with van der Waals surface area (Å²) in [6, 6.07) is 0.365. The molecule has 0 amide bonds. The van der Waals surface area contributed by atoms with Crippen molar-refractivity contribution in [3.8, 4) is 0 Å². The summed E-state index contributed by atoms with van der Waals surface area (Å²) in [6.07, 6.45) is 4.67. The predicted octanol–water partition coefficient (Wildman–Crippen LogP) is 1.63. The first kappa shape index (κ1) is 24.7. The Kier molecular flexibility index (Phi) is 9.98. The van der Waals surface area contributed by atoms with E-state index in [4.69, 9.17) is 9.73 Å². The normalized spacial score (nSPS) is 29.6. The minimum Gasteiger partial charge on any atom is -0.385 e. The number of aliphatic hydroxyl groups is 1. The van der Waals surface area contributed by atoms with E-state index in [0.717, 1.165) is 52.0 Å². The van der Waals surface area contributed by atoms with Crippen LogP contribution in [0.3, 0.4) is 0 Å². The average Bonchev–Trinajstić information content (AvgIpc) is 2.68. The largest absolute Gasteiger partial charge is 0.385 e. The number of hydrogen-bond acceptors (Lipinski definition) is 7. The van der Waals surface area contributed by atoms with Crippen molar-refractivity contribution in [3.63, 3.8) is 0 Å². The first-order valence-corrected chi connectivity index (χ1v) is 11.4. The molecule has 7 nitrogen and oxygen atoms in total. The van der Waals surface area contributed by atoms with Crippen LogP contribution in [0.2, 0.25) is 0 Å². The van der Waals surface area contributed by atoms with Gasteiger partial charge < -0.3 is 20.5 Å². The van der Waals surface area contributed by atoms with Crippen molar-refractivity contribution in [2.24, 2.45) is 22.2 Å². The van der Waals surface area contributed by atoms with Crippen molar-refractivity contribution in [2.75, 3.05) is 39.9 Å². The Bertz CT molecular complexity index is 488. The Hall–Kier alpha value is -0.570. The van der Waals surface area contributed by atoms with Gasteiger partial charge in [0, 0.05) is 39.1 Å².